The number of hydrogen-bond acceptors (Lipinski definition) is 6. The highest BCUT2D eigenvalue weighted by Gasteiger charge is 2.29. The minimum absolute atomic E-state index is 0.214. The van der Waals surface area contributed by atoms with Crippen LogP contribution in [0.4, 0.5) is 0 Å². The molecule has 8 heteroatoms. The molecule has 0 radical (unpaired) electrons. The maximum absolute atomic E-state index is 11.7. The van der Waals surface area contributed by atoms with Crippen molar-refractivity contribution in [3.05, 3.63) is 21.0 Å². The summed E-state index contributed by atoms with van der Waals surface area (Å²) in [5.74, 6) is -0.429. The number of thiocarbonyl (C=S) groups is 2. The van der Waals surface area contributed by atoms with E-state index >= 15 is 0 Å². The van der Waals surface area contributed by atoms with Crippen molar-refractivity contribution in [1.29, 1.82) is 0 Å². The maximum Gasteiger partial charge on any atom is 0.263 e. The first-order chi connectivity index (χ1) is 8.40. The van der Waals surface area contributed by atoms with Gasteiger partial charge >= 0.3 is 0 Å². The number of rotatable bonds is 1. The van der Waals surface area contributed by atoms with Gasteiger partial charge in [-0.05, 0) is 25.0 Å². The summed E-state index contributed by atoms with van der Waals surface area (Å²) in [5.41, 5.74) is 1.50. The molecule has 0 unspecified atom stereocenters. The normalized spacial score (nSPS) is 25.2. The van der Waals surface area contributed by atoms with Gasteiger partial charge in [0.15, 0.2) is 0 Å². The second-order valence-corrected chi connectivity index (χ2v) is 6.97. The van der Waals surface area contributed by atoms with E-state index in [4.69, 9.17) is 24.4 Å². The van der Waals surface area contributed by atoms with Gasteiger partial charge in [-0.2, -0.15) is 0 Å². The zero-order valence-electron chi connectivity index (χ0n) is 9.45. The third kappa shape index (κ3) is 2.51. The third-order valence-electron chi connectivity index (χ3n) is 2.48. The molecule has 2 N–H and O–H groups in total. The molecule has 2 amide bonds. The van der Waals surface area contributed by atoms with Gasteiger partial charge in [0.1, 0.15) is 8.64 Å². The Morgan fingerprint density at radius 1 is 0.889 bits per heavy atom. The second kappa shape index (κ2) is 5.12. The van der Waals surface area contributed by atoms with Gasteiger partial charge in [-0.1, -0.05) is 48.0 Å². The van der Waals surface area contributed by atoms with Crippen molar-refractivity contribution in [3.8, 4) is 0 Å². The van der Waals surface area contributed by atoms with Crippen molar-refractivity contribution in [1.82, 2.24) is 10.6 Å². The number of hydrogen-bond donors (Lipinski definition) is 2. The Bertz CT molecular complexity index is 512. The average Bonchev–Trinajstić information content (AvgIpc) is 2.79. The van der Waals surface area contributed by atoms with E-state index in [9.17, 15) is 9.59 Å². The lowest BCUT2D eigenvalue weighted by molar-refractivity contribution is -0.116. The van der Waals surface area contributed by atoms with Crippen LogP contribution in [0.25, 0.3) is 0 Å². The van der Waals surface area contributed by atoms with Crippen molar-refractivity contribution < 1.29 is 9.59 Å². The second-order valence-electron chi connectivity index (χ2n) is 3.60. The molecule has 0 spiro atoms. The number of amides is 2. The number of nitrogens with one attached hydrogen (secondary N) is 2. The van der Waals surface area contributed by atoms with E-state index in [0.717, 1.165) is 11.1 Å². The highest BCUT2D eigenvalue weighted by molar-refractivity contribution is 8.27. The van der Waals surface area contributed by atoms with Gasteiger partial charge in [-0.25, -0.2) is 0 Å². The molecule has 0 aliphatic carbocycles. The summed E-state index contributed by atoms with van der Waals surface area (Å²) in [4.78, 5) is 24.4. The van der Waals surface area contributed by atoms with E-state index in [-0.39, 0.29) is 11.8 Å². The fourth-order valence-corrected chi connectivity index (χ4v) is 3.71. The summed E-state index contributed by atoms with van der Waals surface area (Å²) in [7, 11) is 0. The standard InChI is InChI=1S/C10H8N2O2S4/c1-3(5-7(13)11-9(15)17-5)4(2)6-8(14)12-10(16)18-6/h1-2H3,(H,11,13,15)(H,12,14,16)/b5-3-,6-4+. The summed E-state index contributed by atoms with van der Waals surface area (Å²) >= 11 is 12.3. The summed E-state index contributed by atoms with van der Waals surface area (Å²) in [6.07, 6.45) is 0. The molecule has 0 saturated carbocycles. The van der Waals surface area contributed by atoms with E-state index in [2.05, 4.69) is 10.6 Å². The molecular weight excluding hydrogens is 308 g/mol. The molecule has 94 valence electrons. The molecule has 18 heavy (non-hydrogen) atoms. The summed E-state index contributed by atoms with van der Waals surface area (Å²) < 4.78 is 0.873. The first-order valence-electron chi connectivity index (χ1n) is 4.88. The van der Waals surface area contributed by atoms with E-state index in [0.29, 0.717) is 18.5 Å². The molecule has 2 saturated heterocycles. The van der Waals surface area contributed by atoms with E-state index in [1.807, 2.05) is 0 Å². The van der Waals surface area contributed by atoms with Gasteiger partial charge in [0.2, 0.25) is 0 Å². The van der Waals surface area contributed by atoms with Crippen LogP contribution in [-0.4, -0.2) is 20.5 Å². The van der Waals surface area contributed by atoms with Gasteiger partial charge in [-0.15, -0.1) is 0 Å². The Labute approximate surface area is 123 Å². The van der Waals surface area contributed by atoms with Gasteiger partial charge in [0, 0.05) is 0 Å². The Morgan fingerprint density at radius 3 is 1.44 bits per heavy atom. The third-order valence-corrected chi connectivity index (χ3v) is 5.15. The van der Waals surface area contributed by atoms with Gasteiger partial charge in [0.25, 0.3) is 11.8 Å². The lowest BCUT2D eigenvalue weighted by Crippen LogP contribution is -2.19. The van der Waals surface area contributed by atoms with Crippen LogP contribution in [0.2, 0.25) is 0 Å². The largest absolute Gasteiger partial charge is 0.307 e. The zero-order chi connectivity index (χ0) is 13.4. The minimum Gasteiger partial charge on any atom is -0.307 e. The summed E-state index contributed by atoms with van der Waals surface area (Å²) in [6.45, 7) is 3.60. The lowest BCUT2D eigenvalue weighted by Gasteiger charge is -2.05. The number of carbonyl (C=O) groups is 2. The monoisotopic (exact) mass is 316 g/mol. The Hall–Kier alpha value is -0.700. The van der Waals surface area contributed by atoms with E-state index in [1.165, 1.54) is 23.5 Å². The molecule has 2 aliphatic heterocycles. The van der Waals surface area contributed by atoms with Crippen LogP contribution >= 0.6 is 48.0 Å². The van der Waals surface area contributed by atoms with Crippen LogP contribution in [0.1, 0.15) is 13.8 Å². The van der Waals surface area contributed by atoms with Crippen molar-refractivity contribution in [2.45, 2.75) is 13.8 Å². The molecule has 0 aromatic heterocycles. The quantitative estimate of drug-likeness (QED) is 0.568. The van der Waals surface area contributed by atoms with Crippen LogP contribution in [0.15, 0.2) is 21.0 Å². The van der Waals surface area contributed by atoms with Crippen LogP contribution in [0.3, 0.4) is 0 Å². The Balaban J connectivity index is 2.43. The summed E-state index contributed by atoms with van der Waals surface area (Å²) in [6, 6.07) is 0. The highest BCUT2D eigenvalue weighted by Crippen LogP contribution is 2.35. The number of thioether (sulfide) groups is 2. The molecule has 2 fully saturated rings. The number of allylic oxidation sites excluding steroid dienone is 2. The first-order valence-corrected chi connectivity index (χ1v) is 7.33. The van der Waals surface area contributed by atoms with E-state index in [1.54, 1.807) is 13.8 Å². The van der Waals surface area contributed by atoms with E-state index < -0.39 is 0 Å². The molecule has 0 atom stereocenters. The fraction of sp³-hybridized carbons (Fsp3) is 0.200. The minimum atomic E-state index is -0.214. The van der Waals surface area contributed by atoms with Crippen LogP contribution in [0.5, 0.6) is 0 Å². The molecule has 4 nitrogen and oxygen atoms in total. The highest BCUT2D eigenvalue weighted by atomic mass is 32.2. The SMILES string of the molecule is CC(=C1/SC(=S)NC1=O)/C(C)=C1/SC(=S)NC1=O. The predicted octanol–water partition coefficient (Wildman–Crippen LogP) is 1.83. The van der Waals surface area contributed by atoms with Crippen molar-refractivity contribution in [3.63, 3.8) is 0 Å². The van der Waals surface area contributed by atoms with Crippen molar-refractivity contribution >= 4 is 68.4 Å². The Morgan fingerprint density at radius 2 is 1.22 bits per heavy atom. The Kier molecular flexibility index (Phi) is 3.90. The van der Waals surface area contributed by atoms with Gasteiger partial charge in [-0.3, -0.25) is 9.59 Å². The number of carbonyl (C=O) groups excluding carboxylic acids is 2. The fourth-order valence-electron chi connectivity index (χ4n) is 1.46. The molecule has 0 aromatic carbocycles. The molecular formula is C10H8N2O2S4. The van der Waals surface area contributed by atoms with Crippen LogP contribution < -0.4 is 10.6 Å². The molecule has 0 bridgehead atoms. The predicted molar refractivity (Wildman–Crippen MR) is 82.1 cm³/mol. The van der Waals surface area contributed by atoms with Gasteiger partial charge < -0.3 is 10.6 Å². The molecule has 2 heterocycles. The lowest BCUT2D eigenvalue weighted by atomic mass is 10.1. The van der Waals surface area contributed by atoms with Crippen molar-refractivity contribution in [2.24, 2.45) is 0 Å². The first kappa shape index (κ1) is 13.7. The van der Waals surface area contributed by atoms with Crippen LogP contribution in [-0.2, 0) is 9.59 Å². The van der Waals surface area contributed by atoms with Crippen molar-refractivity contribution in [2.75, 3.05) is 0 Å². The topological polar surface area (TPSA) is 58.2 Å². The molecule has 2 rings (SSSR count). The smallest absolute Gasteiger partial charge is 0.263 e. The maximum atomic E-state index is 11.7. The van der Waals surface area contributed by atoms with Crippen LogP contribution in [0, 0.1) is 0 Å². The zero-order valence-corrected chi connectivity index (χ0v) is 12.7. The molecule has 2 aliphatic rings. The average molecular weight is 316 g/mol. The summed E-state index contributed by atoms with van der Waals surface area (Å²) in [5, 5.41) is 5.11. The van der Waals surface area contributed by atoms with Gasteiger partial charge in [0.05, 0.1) is 9.81 Å². The molecule has 0 aromatic rings.